The summed E-state index contributed by atoms with van der Waals surface area (Å²) in [4.78, 5) is 0. The standard InChI is InChI=1S/C31H42F7NO3/c32-27-20-23(11-13-26(27)31(36,37)38)9-8-18-42-28-14-12-24(15-17-29(39,21-40)22-41)19-25(28)10-6-4-2-1-3-5-7-16-30(33,34)35/h11-14,19-20,40-41H,1-10,15-18,21-22,39H2. The molecule has 238 valence electrons. The third-order valence-corrected chi connectivity index (χ3v) is 7.28. The Hall–Kier alpha value is -2.37. The molecule has 0 saturated heterocycles. The minimum absolute atomic E-state index is 0.154. The highest BCUT2D eigenvalue weighted by atomic mass is 19.4. The molecule has 0 fully saturated rings. The maximum absolute atomic E-state index is 13.9. The fraction of sp³-hybridized carbons (Fsp3) is 0.613. The number of alkyl halides is 6. The zero-order chi connectivity index (χ0) is 31.2. The number of aryl methyl sites for hydroxylation is 3. The Kier molecular flexibility index (Phi) is 14.5. The van der Waals surface area contributed by atoms with Crippen LogP contribution in [0.4, 0.5) is 30.7 Å². The van der Waals surface area contributed by atoms with Crippen molar-refractivity contribution in [2.75, 3.05) is 19.8 Å². The van der Waals surface area contributed by atoms with Crippen LogP contribution in [0, 0.1) is 5.82 Å². The van der Waals surface area contributed by atoms with Crippen molar-refractivity contribution in [1.82, 2.24) is 0 Å². The number of ether oxygens (including phenoxy) is 1. The highest BCUT2D eigenvalue weighted by Crippen LogP contribution is 2.32. The monoisotopic (exact) mass is 609 g/mol. The van der Waals surface area contributed by atoms with Crippen LogP contribution in [0.25, 0.3) is 0 Å². The van der Waals surface area contributed by atoms with Gasteiger partial charge in [0, 0.05) is 6.42 Å². The predicted octanol–water partition coefficient (Wildman–Crippen LogP) is 7.70. The molecule has 0 amide bonds. The summed E-state index contributed by atoms with van der Waals surface area (Å²) < 4.78 is 95.0. The van der Waals surface area contributed by atoms with Crippen LogP contribution in [0.15, 0.2) is 36.4 Å². The zero-order valence-corrected chi connectivity index (χ0v) is 23.8. The molecule has 0 radical (unpaired) electrons. The van der Waals surface area contributed by atoms with Crippen molar-refractivity contribution in [3.8, 4) is 5.75 Å². The van der Waals surface area contributed by atoms with Crippen LogP contribution < -0.4 is 10.5 Å². The number of aliphatic hydroxyl groups excluding tert-OH is 2. The van der Waals surface area contributed by atoms with Gasteiger partial charge in [-0.25, -0.2) is 4.39 Å². The Labute approximate surface area is 243 Å². The lowest BCUT2D eigenvalue weighted by Gasteiger charge is -2.24. The quantitative estimate of drug-likeness (QED) is 0.113. The van der Waals surface area contributed by atoms with Crippen LogP contribution in [0.5, 0.6) is 5.75 Å². The fourth-order valence-corrected chi connectivity index (χ4v) is 4.65. The first-order valence-electron chi connectivity index (χ1n) is 14.4. The van der Waals surface area contributed by atoms with E-state index in [1.54, 1.807) is 0 Å². The van der Waals surface area contributed by atoms with Gasteiger partial charge < -0.3 is 20.7 Å². The highest BCUT2D eigenvalue weighted by molar-refractivity contribution is 5.38. The van der Waals surface area contributed by atoms with Gasteiger partial charge in [-0.3, -0.25) is 0 Å². The number of benzene rings is 2. The Morgan fingerprint density at radius 3 is 1.86 bits per heavy atom. The predicted molar refractivity (Wildman–Crippen MR) is 148 cm³/mol. The number of nitrogens with two attached hydrogens (primary N) is 1. The van der Waals surface area contributed by atoms with E-state index in [4.69, 9.17) is 10.5 Å². The van der Waals surface area contributed by atoms with Crippen LogP contribution in [0.1, 0.15) is 86.5 Å². The second-order valence-corrected chi connectivity index (χ2v) is 11.0. The van der Waals surface area contributed by atoms with E-state index < -0.39 is 35.7 Å². The van der Waals surface area contributed by atoms with Crippen molar-refractivity contribution in [2.45, 2.75) is 101 Å². The Bertz CT molecular complexity index is 1070. The first-order chi connectivity index (χ1) is 19.8. The summed E-state index contributed by atoms with van der Waals surface area (Å²) in [5.41, 5.74) is 5.97. The highest BCUT2D eigenvalue weighted by Gasteiger charge is 2.33. The summed E-state index contributed by atoms with van der Waals surface area (Å²) in [6.07, 6.45) is -2.17. The number of hydrogen-bond acceptors (Lipinski definition) is 4. The molecule has 11 heteroatoms. The number of unbranched alkanes of at least 4 members (excludes halogenated alkanes) is 6. The molecule has 2 rings (SSSR count). The molecule has 0 aliphatic carbocycles. The minimum atomic E-state index is -4.74. The normalized spacial score (nSPS) is 12.6. The van der Waals surface area contributed by atoms with Gasteiger partial charge in [-0.05, 0) is 79.8 Å². The Morgan fingerprint density at radius 2 is 1.26 bits per heavy atom. The molecule has 0 bridgehead atoms. The molecule has 0 unspecified atom stereocenters. The topological polar surface area (TPSA) is 75.7 Å². The van der Waals surface area contributed by atoms with Gasteiger partial charge in [0.2, 0.25) is 0 Å². The van der Waals surface area contributed by atoms with Crippen molar-refractivity contribution >= 4 is 0 Å². The number of rotatable bonds is 19. The third kappa shape index (κ3) is 13.3. The van der Waals surface area contributed by atoms with Gasteiger partial charge in [0.05, 0.1) is 30.9 Å². The maximum atomic E-state index is 13.9. The average molecular weight is 610 g/mol. The van der Waals surface area contributed by atoms with E-state index in [1.165, 1.54) is 6.07 Å². The van der Waals surface area contributed by atoms with Gasteiger partial charge in [0.25, 0.3) is 0 Å². The lowest BCUT2D eigenvalue weighted by Crippen LogP contribution is -2.47. The minimum Gasteiger partial charge on any atom is -0.493 e. The molecule has 4 nitrogen and oxygen atoms in total. The van der Waals surface area contributed by atoms with E-state index in [1.807, 2.05) is 18.2 Å². The number of hydrogen-bond donors (Lipinski definition) is 3. The van der Waals surface area contributed by atoms with Crippen molar-refractivity contribution in [1.29, 1.82) is 0 Å². The van der Waals surface area contributed by atoms with E-state index in [9.17, 15) is 40.9 Å². The molecule has 0 atom stereocenters. The van der Waals surface area contributed by atoms with E-state index in [0.717, 1.165) is 55.4 Å². The molecule has 0 spiro atoms. The number of aliphatic hydroxyl groups is 2. The van der Waals surface area contributed by atoms with Gasteiger partial charge in [-0.15, -0.1) is 0 Å². The molecule has 0 aliphatic rings. The molecular weight excluding hydrogens is 567 g/mol. The molecule has 4 N–H and O–H groups in total. The van der Waals surface area contributed by atoms with Crippen LogP contribution in [-0.4, -0.2) is 41.7 Å². The van der Waals surface area contributed by atoms with Crippen LogP contribution in [0.2, 0.25) is 0 Å². The van der Waals surface area contributed by atoms with Gasteiger partial charge in [-0.1, -0.05) is 50.3 Å². The Morgan fingerprint density at radius 1 is 0.667 bits per heavy atom. The molecule has 0 aliphatic heterocycles. The zero-order valence-electron chi connectivity index (χ0n) is 23.8. The largest absolute Gasteiger partial charge is 0.493 e. The molecule has 0 heterocycles. The molecule has 0 saturated carbocycles. The van der Waals surface area contributed by atoms with Crippen molar-refractivity contribution in [3.05, 3.63) is 64.5 Å². The van der Waals surface area contributed by atoms with E-state index >= 15 is 0 Å². The van der Waals surface area contributed by atoms with Gasteiger partial charge in [-0.2, -0.15) is 26.3 Å². The smallest absolute Gasteiger partial charge is 0.419 e. The molecule has 0 aromatic heterocycles. The van der Waals surface area contributed by atoms with Crippen molar-refractivity contribution in [3.63, 3.8) is 0 Å². The summed E-state index contributed by atoms with van der Waals surface area (Å²) in [5, 5.41) is 18.9. The lowest BCUT2D eigenvalue weighted by atomic mass is 9.92. The first kappa shape index (κ1) is 35.8. The van der Waals surface area contributed by atoms with Gasteiger partial charge in [0.1, 0.15) is 11.6 Å². The van der Waals surface area contributed by atoms with Gasteiger partial charge >= 0.3 is 12.4 Å². The van der Waals surface area contributed by atoms with Crippen molar-refractivity contribution in [2.24, 2.45) is 5.73 Å². The SMILES string of the molecule is NC(CO)(CO)CCc1ccc(OCCCc2ccc(C(F)(F)F)c(F)c2)c(CCCCCCCCCC(F)(F)F)c1. The van der Waals surface area contributed by atoms with E-state index in [-0.39, 0.29) is 26.2 Å². The summed E-state index contributed by atoms with van der Waals surface area (Å²) in [6.45, 7) is -0.430. The van der Waals surface area contributed by atoms with Crippen LogP contribution in [-0.2, 0) is 25.4 Å². The van der Waals surface area contributed by atoms with E-state index in [2.05, 4.69) is 0 Å². The summed E-state index contributed by atoms with van der Waals surface area (Å²) in [7, 11) is 0. The molecular formula is C31H42F7NO3. The van der Waals surface area contributed by atoms with Crippen LogP contribution >= 0.6 is 0 Å². The maximum Gasteiger partial charge on any atom is 0.419 e. The van der Waals surface area contributed by atoms with Crippen LogP contribution in [0.3, 0.4) is 0 Å². The fourth-order valence-electron chi connectivity index (χ4n) is 4.65. The molecule has 2 aromatic rings. The second kappa shape index (κ2) is 17.1. The summed E-state index contributed by atoms with van der Waals surface area (Å²) in [6, 6.07) is 8.61. The van der Waals surface area contributed by atoms with Crippen molar-refractivity contribution < 1.29 is 45.7 Å². The second-order valence-electron chi connectivity index (χ2n) is 11.0. The number of halogens is 7. The third-order valence-electron chi connectivity index (χ3n) is 7.28. The lowest BCUT2D eigenvalue weighted by molar-refractivity contribution is -0.140. The average Bonchev–Trinajstić information content (AvgIpc) is 2.92. The summed E-state index contributed by atoms with van der Waals surface area (Å²) in [5.74, 6) is -0.642. The first-order valence-corrected chi connectivity index (χ1v) is 14.4. The molecule has 42 heavy (non-hydrogen) atoms. The van der Waals surface area contributed by atoms with E-state index in [0.29, 0.717) is 49.8 Å². The van der Waals surface area contributed by atoms with Gasteiger partial charge in [0.15, 0.2) is 0 Å². The Balaban J connectivity index is 1.91. The molecule has 2 aromatic carbocycles. The summed E-state index contributed by atoms with van der Waals surface area (Å²) >= 11 is 0.